The van der Waals surface area contributed by atoms with E-state index >= 15 is 0 Å². The smallest absolute Gasteiger partial charge is 0.242 e. The normalized spacial score (nSPS) is 16.3. The first-order chi connectivity index (χ1) is 21.0. The highest BCUT2D eigenvalue weighted by Gasteiger charge is 2.39. The fourth-order valence-corrected chi connectivity index (χ4v) is 7.82. The summed E-state index contributed by atoms with van der Waals surface area (Å²) in [7, 11) is 0.990. The van der Waals surface area contributed by atoms with Crippen molar-refractivity contribution in [1.82, 2.24) is 4.98 Å². The average molecular weight is 588 g/mol. The van der Waals surface area contributed by atoms with E-state index in [0.717, 1.165) is 39.1 Å². The highest BCUT2D eigenvalue weighted by Crippen LogP contribution is 2.50. The Morgan fingerprint density at radius 3 is 2.28 bits per heavy atom. The lowest BCUT2D eigenvalue weighted by Gasteiger charge is -2.28. The van der Waals surface area contributed by atoms with Crippen LogP contribution in [0.1, 0.15) is 32.4 Å². The van der Waals surface area contributed by atoms with Crippen molar-refractivity contribution in [3.05, 3.63) is 121 Å². The van der Waals surface area contributed by atoms with E-state index in [-0.39, 0.29) is 12.0 Å². The fourth-order valence-electron chi connectivity index (χ4n) is 6.06. The van der Waals surface area contributed by atoms with E-state index in [9.17, 15) is 0 Å². The van der Waals surface area contributed by atoms with Crippen molar-refractivity contribution in [2.75, 3.05) is 16.5 Å². The number of para-hydroxylation sites is 1. The van der Waals surface area contributed by atoms with E-state index in [1.165, 1.54) is 16.6 Å². The van der Waals surface area contributed by atoms with Crippen LogP contribution < -0.4 is 25.1 Å². The number of anilines is 3. The predicted molar refractivity (Wildman–Crippen MR) is 177 cm³/mol. The van der Waals surface area contributed by atoms with Gasteiger partial charge in [-0.1, -0.05) is 85.8 Å². The van der Waals surface area contributed by atoms with Gasteiger partial charge < -0.3 is 9.32 Å². The maximum absolute atomic E-state index is 6.80. The van der Waals surface area contributed by atoms with Crippen LogP contribution >= 0.6 is 8.15 Å². The van der Waals surface area contributed by atoms with E-state index in [0.29, 0.717) is 6.54 Å². The molecule has 43 heavy (non-hydrogen) atoms. The third-order valence-corrected chi connectivity index (χ3v) is 10.4. The first-order valence-electron chi connectivity index (χ1n) is 14.9. The maximum atomic E-state index is 6.80. The molecular formula is C36H36N4O2P+. The Morgan fingerprint density at radius 1 is 0.884 bits per heavy atom. The Hall–Kier alpha value is -4.38. The molecule has 1 N–H and O–H groups in total. The average Bonchev–Trinajstić information content (AvgIpc) is 3.72. The number of hydroxylamine groups is 1. The number of hydrogen-bond acceptors (Lipinski definition) is 4. The molecule has 0 spiro atoms. The first-order valence-corrected chi connectivity index (χ1v) is 16.1. The molecule has 0 bridgehead atoms. The molecule has 7 rings (SSSR count). The number of benzene rings is 4. The first kappa shape index (κ1) is 27.5. The molecule has 0 saturated carbocycles. The number of fused-ring (bicyclic) bond motifs is 2. The zero-order chi connectivity index (χ0) is 29.5. The second-order valence-electron chi connectivity index (χ2n) is 11.1. The summed E-state index contributed by atoms with van der Waals surface area (Å²) in [5.74, 6) is 1.95. The number of nitrogens with one attached hydrogen (secondary N) is 1. The van der Waals surface area contributed by atoms with Gasteiger partial charge in [-0.25, -0.2) is 19.2 Å². The van der Waals surface area contributed by atoms with Gasteiger partial charge in [-0.05, 0) is 43.7 Å². The molecule has 2 atom stereocenters. The van der Waals surface area contributed by atoms with Crippen LogP contribution in [0.3, 0.4) is 0 Å². The minimum Gasteiger partial charge on any atom is -0.441 e. The van der Waals surface area contributed by atoms with Crippen LogP contribution in [0.25, 0.3) is 22.2 Å². The highest BCUT2D eigenvalue weighted by molar-refractivity contribution is 7.68. The summed E-state index contributed by atoms with van der Waals surface area (Å²) in [6, 6.07) is 38.6. The number of H-pyrrole nitrogens is 1. The molecule has 216 valence electrons. The molecule has 6 nitrogen and oxygen atoms in total. The van der Waals surface area contributed by atoms with E-state index in [1.54, 1.807) is 0 Å². The summed E-state index contributed by atoms with van der Waals surface area (Å²) in [6.45, 7) is 7.28. The molecule has 7 heteroatoms. The molecule has 3 heterocycles. The van der Waals surface area contributed by atoms with Gasteiger partial charge in [0.15, 0.2) is 11.0 Å². The van der Waals surface area contributed by atoms with Crippen LogP contribution in [0.4, 0.5) is 17.3 Å². The van der Waals surface area contributed by atoms with Crippen molar-refractivity contribution in [2.24, 2.45) is 7.05 Å². The van der Waals surface area contributed by atoms with Gasteiger partial charge in [0, 0.05) is 46.4 Å². The van der Waals surface area contributed by atoms with Gasteiger partial charge in [-0.2, -0.15) is 0 Å². The van der Waals surface area contributed by atoms with Crippen molar-refractivity contribution in [3.8, 4) is 11.1 Å². The van der Waals surface area contributed by atoms with E-state index in [2.05, 4.69) is 139 Å². The number of hydrogen-bond donors (Lipinski definition) is 1. The largest absolute Gasteiger partial charge is 0.441 e. The molecule has 6 aromatic rings. The number of aryl methyl sites for hydroxylation is 1. The van der Waals surface area contributed by atoms with Crippen molar-refractivity contribution >= 4 is 47.0 Å². The molecule has 0 radical (unpaired) electrons. The zero-order valence-corrected chi connectivity index (χ0v) is 25.8. The third-order valence-electron chi connectivity index (χ3n) is 8.49. The number of nitrogens with zero attached hydrogens (tertiary/aromatic N) is 3. The summed E-state index contributed by atoms with van der Waals surface area (Å²) in [5, 5.41) is 4.24. The van der Waals surface area contributed by atoms with Crippen molar-refractivity contribution in [3.63, 3.8) is 0 Å². The molecule has 2 aromatic heterocycles. The minimum atomic E-state index is -1.08. The monoisotopic (exact) mass is 587 g/mol. The van der Waals surface area contributed by atoms with Crippen molar-refractivity contribution in [2.45, 2.75) is 32.7 Å². The summed E-state index contributed by atoms with van der Waals surface area (Å²) >= 11 is 0. The van der Waals surface area contributed by atoms with Gasteiger partial charge in [-0.3, -0.25) is 0 Å². The Bertz CT molecular complexity index is 1830. The molecule has 0 aliphatic carbocycles. The Balaban J connectivity index is 1.24. The summed E-state index contributed by atoms with van der Waals surface area (Å²) in [6.07, 6.45) is 2.00. The second kappa shape index (κ2) is 11.4. The van der Waals surface area contributed by atoms with E-state index in [1.807, 2.05) is 23.5 Å². The summed E-state index contributed by atoms with van der Waals surface area (Å²) < 4.78 is 15.5. The van der Waals surface area contributed by atoms with Gasteiger partial charge in [-0.15, -0.1) is 0 Å². The lowest BCUT2D eigenvalue weighted by atomic mass is 10.0. The Labute approximate surface area is 253 Å². The SMILES string of the molecule is CCN(OP(c1ccccc1)c1ccccc1)c1cc2c(o1)C(C)C(C)N2c1cccc(-c2cccc3c2[nH]c[n+]3C)c1. The molecule has 1 aliphatic heterocycles. The van der Waals surface area contributed by atoms with E-state index < -0.39 is 8.15 Å². The Kier molecular flexibility index (Phi) is 7.26. The molecule has 0 amide bonds. The van der Waals surface area contributed by atoms with Crippen LogP contribution in [0, 0.1) is 0 Å². The van der Waals surface area contributed by atoms with Crippen LogP contribution in [-0.2, 0) is 11.7 Å². The van der Waals surface area contributed by atoms with Gasteiger partial charge in [0.1, 0.15) is 13.9 Å². The van der Waals surface area contributed by atoms with Crippen LogP contribution in [0.5, 0.6) is 0 Å². The predicted octanol–water partition coefficient (Wildman–Crippen LogP) is 7.70. The van der Waals surface area contributed by atoms with Gasteiger partial charge in [0.2, 0.25) is 12.2 Å². The molecule has 0 saturated heterocycles. The van der Waals surface area contributed by atoms with Crippen molar-refractivity contribution in [1.29, 1.82) is 0 Å². The second-order valence-corrected chi connectivity index (χ2v) is 12.9. The molecule has 4 aromatic carbocycles. The number of furan rings is 1. The van der Waals surface area contributed by atoms with Crippen molar-refractivity contribution < 1.29 is 13.6 Å². The molecular weight excluding hydrogens is 551 g/mol. The number of aromatic nitrogens is 2. The van der Waals surface area contributed by atoms with E-state index in [4.69, 9.17) is 9.04 Å². The number of aromatic amines is 1. The van der Waals surface area contributed by atoms with Crippen LogP contribution in [0.15, 0.2) is 120 Å². The minimum absolute atomic E-state index is 0.224. The van der Waals surface area contributed by atoms with Crippen LogP contribution in [0.2, 0.25) is 0 Å². The van der Waals surface area contributed by atoms with Gasteiger partial charge in [0.25, 0.3) is 0 Å². The molecule has 2 unspecified atom stereocenters. The number of rotatable bonds is 8. The highest BCUT2D eigenvalue weighted by atomic mass is 31.1. The fraction of sp³-hybridized carbons (Fsp3) is 0.194. The molecule has 1 aliphatic rings. The zero-order valence-electron chi connectivity index (χ0n) is 24.9. The molecule has 0 fully saturated rings. The third kappa shape index (κ3) is 4.91. The standard InChI is InChI=1S/C36H35N4O2P/c1-5-39(42-43(29-16-8-6-9-17-29)30-18-10-7-11-19-30)34-23-33-36(41-34)25(2)26(3)40(33)28-15-12-14-27(22-28)31-20-13-21-32-35(31)37-24-38(32)4/h6-26H,5H2,1-4H3/p+1. The topological polar surface area (TPSA) is 48.5 Å². The van der Waals surface area contributed by atoms with Gasteiger partial charge >= 0.3 is 0 Å². The summed E-state index contributed by atoms with van der Waals surface area (Å²) in [4.78, 5) is 5.87. The maximum Gasteiger partial charge on any atom is 0.242 e. The lowest BCUT2D eigenvalue weighted by molar-refractivity contribution is -0.644. The Morgan fingerprint density at radius 2 is 1.58 bits per heavy atom. The number of imidazole rings is 1. The summed E-state index contributed by atoms with van der Waals surface area (Å²) in [5.41, 5.74) is 6.93. The lowest BCUT2D eigenvalue weighted by Crippen LogP contribution is -2.27. The van der Waals surface area contributed by atoms with Crippen LogP contribution in [-0.4, -0.2) is 17.6 Å². The quantitative estimate of drug-likeness (QED) is 0.113. The van der Waals surface area contributed by atoms with Gasteiger partial charge in [0.05, 0.1) is 12.7 Å².